The van der Waals surface area contributed by atoms with E-state index in [2.05, 4.69) is 51.6 Å². The van der Waals surface area contributed by atoms with E-state index in [9.17, 15) is 9.59 Å². The molecule has 0 heterocycles. The maximum absolute atomic E-state index is 14.2. The maximum Gasteiger partial charge on any atom is 0.338 e. The van der Waals surface area contributed by atoms with Crippen molar-refractivity contribution in [2.75, 3.05) is 14.1 Å². The van der Waals surface area contributed by atoms with Gasteiger partial charge in [-0.25, -0.2) is 4.79 Å². The van der Waals surface area contributed by atoms with Gasteiger partial charge in [-0.05, 0) is 88.7 Å². The number of benzene rings is 2. The van der Waals surface area contributed by atoms with Crippen LogP contribution in [0.25, 0.3) is 0 Å². The van der Waals surface area contributed by atoms with Crippen molar-refractivity contribution in [2.24, 2.45) is 11.8 Å². The Hall–Kier alpha value is -2.92. The second kappa shape index (κ2) is 12.7. The van der Waals surface area contributed by atoms with E-state index in [0.29, 0.717) is 24.3 Å². The molecule has 218 valence electrons. The molecule has 0 saturated heterocycles. The van der Waals surface area contributed by atoms with Crippen LogP contribution in [0.15, 0.2) is 67.3 Å². The highest BCUT2D eigenvalue weighted by atomic mass is 16.6. The van der Waals surface area contributed by atoms with Gasteiger partial charge in [-0.2, -0.15) is 0 Å². The van der Waals surface area contributed by atoms with E-state index >= 15 is 0 Å². The van der Waals surface area contributed by atoms with Gasteiger partial charge in [0.2, 0.25) is 0 Å². The quantitative estimate of drug-likeness (QED) is 0.229. The molecule has 2 aromatic rings. The smallest absolute Gasteiger partial charge is 0.338 e. The van der Waals surface area contributed by atoms with Crippen molar-refractivity contribution in [1.29, 1.82) is 0 Å². The van der Waals surface area contributed by atoms with Crippen molar-refractivity contribution >= 4 is 11.9 Å². The largest absolute Gasteiger partial charge is 0.461 e. The average Bonchev–Trinajstić information content (AvgIpc) is 2.88. The van der Waals surface area contributed by atoms with Crippen LogP contribution in [0.3, 0.4) is 0 Å². The number of esters is 2. The maximum atomic E-state index is 14.2. The lowest BCUT2D eigenvalue weighted by atomic mass is 9.64. The number of rotatable bonds is 10. The Morgan fingerprint density at radius 2 is 1.60 bits per heavy atom. The summed E-state index contributed by atoms with van der Waals surface area (Å²) in [6, 6.07) is 17.9. The van der Waals surface area contributed by atoms with Gasteiger partial charge < -0.3 is 9.47 Å². The predicted octanol–water partition coefficient (Wildman–Crippen LogP) is 7.39. The number of carbonyl (C=O) groups excluding carboxylic acids is 2. The summed E-state index contributed by atoms with van der Waals surface area (Å²) in [6.07, 6.45) is 5.51. The fourth-order valence-electron chi connectivity index (χ4n) is 6.04. The van der Waals surface area contributed by atoms with Gasteiger partial charge in [-0.15, -0.1) is 6.58 Å². The first-order valence-electron chi connectivity index (χ1n) is 14.6. The highest BCUT2D eigenvalue weighted by Gasteiger charge is 2.47. The van der Waals surface area contributed by atoms with Gasteiger partial charge in [-0.1, -0.05) is 75.7 Å². The third-order valence-electron chi connectivity index (χ3n) is 8.56. The van der Waals surface area contributed by atoms with Gasteiger partial charge in [0, 0.05) is 12.3 Å². The molecular weight excluding hydrogens is 498 g/mol. The van der Waals surface area contributed by atoms with Gasteiger partial charge in [0.25, 0.3) is 0 Å². The lowest BCUT2D eigenvalue weighted by Crippen LogP contribution is -2.55. The first kappa shape index (κ1) is 31.6. The molecule has 0 N–H and O–H groups in total. The minimum absolute atomic E-state index is 0.136. The molecule has 0 radical (unpaired) electrons. The third-order valence-corrected chi connectivity index (χ3v) is 8.56. The fourth-order valence-corrected chi connectivity index (χ4v) is 6.04. The van der Waals surface area contributed by atoms with Crippen molar-refractivity contribution in [1.82, 2.24) is 4.90 Å². The van der Waals surface area contributed by atoms with Crippen molar-refractivity contribution in [3.8, 4) is 0 Å². The highest BCUT2D eigenvalue weighted by molar-refractivity contribution is 5.89. The topological polar surface area (TPSA) is 55.8 Å². The Labute approximate surface area is 241 Å². The van der Waals surface area contributed by atoms with Crippen molar-refractivity contribution in [3.05, 3.63) is 83.9 Å². The van der Waals surface area contributed by atoms with Gasteiger partial charge in [0.15, 0.2) is 0 Å². The second-order valence-electron chi connectivity index (χ2n) is 13.4. The van der Waals surface area contributed by atoms with Crippen molar-refractivity contribution in [2.45, 2.75) is 96.3 Å². The highest BCUT2D eigenvalue weighted by Crippen LogP contribution is 2.44. The van der Waals surface area contributed by atoms with E-state index in [0.717, 1.165) is 24.8 Å². The standard InChI is InChI=1S/C35H49NO4/c1-10-22-35(36(8)9,24-26-17-19-27(20-18-26)31(37)40-33(3,4)5)32(38)39-30-23-25(2)16-21-29(30)34(6,7)28-14-12-11-13-15-28/h10-15,17-20,25,29-30H,1,16,21-24H2,2-9H3/t25-,29-,30+,35?/m1/s1. The predicted molar refractivity (Wildman–Crippen MR) is 162 cm³/mol. The van der Waals surface area contributed by atoms with E-state index in [4.69, 9.17) is 9.47 Å². The molecular formula is C35H49NO4. The molecule has 2 aromatic carbocycles. The first-order chi connectivity index (χ1) is 18.7. The number of likely N-dealkylation sites (N-methyl/N-ethyl adjacent to an activating group) is 1. The molecule has 40 heavy (non-hydrogen) atoms. The van der Waals surface area contributed by atoms with Crippen LogP contribution < -0.4 is 0 Å². The lowest BCUT2D eigenvalue weighted by Gasteiger charge is -2.46. The van der Waals surface area contributed by atoms with Gasteiger partial charge in [0.1, 0.15) is 17.2 Å². The fraction of sp³-hybridized carbons (Fsp3) is 0.543. The zero-order valence-electron chi connectivity index (χ0n) is 25.8. The molecule has 1 saturated carbocycles. The Morgan fingerprint density at radius 3 is 2.15 bits per heavy atom. The van der Waals surface area contributed by atoms with E-state index in [1.807, 2.05) is 58.0 Å². The molecule has 0 spiro atoms. The van der Waals surface area contributed by atoms with Crippen LogP contribution in [0, 0.1) is 11.8 Å². The van der Waals surface area contributed by atoms with E-state index in [1.54, 1.807) is 18.2 Å². The van der Waals surface area contributed by atoms with Crippen LogP contribution in [0.1, 0.15) is 88.7 Å². The summed E-state index contributed by atoms with van der Waals surface area (Å²) in [5.74, 6) is 0.129. The average molecular weight is 548 g/mol. The molecule has 0 amide bonds. The zero-order chi connectivity index (χ0) is 29.7. The molecule has 3 rings (SSSR count). The summed E-state index contributed by atoms with van der Waals surface area (Å²) < 4.78 is 12.1. The van der Waals surface area contributed by atoms with Crippen LogP contribution in [-0.4, -0.2) is 48.2 Å². The number of hydrogen-bond donors (Lipinski definition) is 0. The molecule has 0 bridgehead atoms. The van der Waals surface area contributed by atoms with Crippen LogP contribution >= 0.6 is 0 Å². The Kier molecular flexibility index (Phi) is 10.1. The molecule has 4 atom stereocenters. The Morgan fingerprint density at radius 1 is 0.975 bits per heavy atom. The van der Waals surface area contributed by atoms with Crippen LogP contribution in [-0.2, 0) is 26.1 Å². The molecule has 0 aliphatic heterocycles. The lowest BCUT2D eigenvalue weighted by molar-refractivity contribution is -0.170. The summed E-state index contributed by atoms with van der Waals surface area (Å²) in [5, 5.41) is 0. The summed E-state index contributed by atoms with van der Waals surface area (Å²) in [5.41, 5.74) is 1.08. The SMILES string of the molecule is C=CCC(Cc1ccc(C(=O)OC(C)(C)C)cc1)(C(=O)O[C@H]1C[C@H](C)CC[C@H]1C(C)(C)c1ccccc1)N(C)C. The van der Waals surface area contributed by atoms with Crippen molar-refractivity contribution < 1.29 is 19.1 Å². The number of carbonyl (C=O) groups is 2. The molecule has 5 nitrogen and oxygen atoms in total. The molecule has 1 fully saturated rings. The molecule has 5 heteroatoms. The normalized spacial score (nSPS) is 21.4. The van der Waals surface area contributed by atoms with Crippen LogP contribution in [0.5, 0.6) is 0 Å². The van der Waals surface area contributed by atoms with Crippen molar-refractivity contribution in [3.63, 3.8) is 0 Å². The zero-order valence-corrected chi connectivity index (χ0v) is 25.8. The summed E-state index contributed by atoms with van der Waals surface area (Å²) in [7, 11) is 3.85. The molecule has 1 unspecified atom stereocenters. The number of hydrogen-bond acceptors (Lipinski definition) is 5. The summed E-state index contributed by atoms with van der Waals surface area (Å²) in [6.45, 7) is 16.3. The number of nitrogens with zero attached hydrogens (tertiary/aromatic N) is 1. The molecule has 0 aromatic heterocycles. The van der Waals surface area contributed by atoms with E-state index < -0.39 is 11.1 Å². The molecule has 1 aliphatic rings. The van der Waals surface area contributed by atoms with Gasteiger partial charge in [0.05, 0.1) is 5.56 Å². The minimum Gasteiger partial charge on any atom is -0.461 e. The Balaban J connectivity index is 1.88. The van der Waals surface area contributed by atoms with Crippen LogP contribution in [0.4, 0.5) is 0 Å². The van der Waals surface area contributed by atoms with Gasteiger partial charge in [-0.3, -0.25) is 9.69 Å². The Bertz CT molecular complexity index is 1150. The first-order valence-corrected chi connectivity index (χ1v) is 14.6. The van der Waals surface area contributed by atoms with E-state index in [1.165, 1.54) is 5.56 Å². The molecule has 1 aliphatic carbocycles. The second-order valence-corrected chi connectivity index (χ2v) is 13.4. The summed E-state index contributed by atoms with van der Waals surface area (Å²) in [4.78, 5) is 28.7. The third kappa shape index (κ3) is 7.42. The summed E-state index contributed by atoms with van der Waals surface area (Å²) >= 11 is 0. The monoisotopic (exact) mass is 547 g/mol. The van der Waals surface area contributed by atoms with Crippen LogP contribution in [0.2, 0.25) is 0 Å². The van der Waals surface area contributed by atoms with Gasteiger partial charge >= 0.3 is 11.9 Å². The minimum atomic E-state index is -0.919. The number of ether oxygens (including phenoxy) is 2. The van der Waals surface area contributed by atoms with E-state index in [-0.39, 0.29) is 29.4 Å².